The fourth-order valence-corrected chi connectivity index (χ4v) is 1.99. The lowest BCUT2D eigenvalue weighted by Gasteiger charge is -2.10. The summed E-state index contributed by atoms with van der Waals surface area (Å²) >= 11 is 0. The number of hydrogen-bond acceptors (Lipinski definition) is 3. The first-order valence-corrected chi connectivity index (χ1v) is 6.79. The van der Waals surface area contributed by atoms with E-state index in [4.69, 9.17) is 0 Å². The van der Waals surface area contributed by atoms with Gasteiger partial charge in [-0.2, -0.15) is 0 Å². The van der Waals surface area contributed by atoms with Gasteiger partial charge < -0.3 is 10.6 Å². The zero-order valence-electron chi connectivity index (χ0n) is 12.3. The van der Waals surface area contributed by atoms with Crippen molar-refractivity contribution in [1.29, 1.82) is 0 Å². The Morgan fingerprint density at radius 1 is 1.29 bits per heavy atom. The third-order valence-corrected chi connectivity index (χ3v) is 3.07. The molecule has 4 nitrogen and oxygen atoms in total. The van der Waals surface area contributed by atoms with Crippen LogP contribution in [0.4, 0.5) is 11.4 Å². The number of amides is 1. The molecule has 1 aromatic carbocycles. The number of benzene rings is 1. The van der Waals surface area contributed by atoms with E-state index in [0.717, 1.165) is 16.9 Å². The minimum Gasteiger partial charge on any atom is -0.381 e. The Kier molecular flexibility index (Phi) is 4.72. The number of nitrogens with one attached hydrogen (secondary N) is 2. The van der Waals surface area contributed by atoms with Crippen molar-refractivity contribution in [3.8, 4) is 0 Å². The molecule has 0 aliphatic rings. The van der Waals surface area contributed by atoms with Crippen molar-refractivity contribution in [3.05, 3.63) is 66.0 Å². The smallest absolute Gasteiger partial charge is 0.274 e. The number of carbonyl (C=O) groups is 1. The number of aryl methyl sites for hydroxylation is 2. The second kappa shape index (κ2) is 6.70. The summed E-state index contributed by atoms with van der Waals surface area (Å²) in [7, 11) is 0. The number of rotatable bonds is 5. The van der Waals surface area contributed by atoms with E-state index < -0.39 is 0 Å². The molecule has 108 valence electrons. The first-order valence-electron chi connectivity index (χ1n) is 6.79. The molecule has 0 atom stereocenters. The van der Waals surface area contributed by atoms with Crippen LogP contribution in [0.1, 0.15) is 21.6 Å². The van der Waals surface area contributed by atoms with E-state index in [0.29, 0.717) is 12.2 Å². The van der Waals surface area contributed by atoms with Crippen molar-refractivity contribution >= 4 is 17.3 Å². The van der Waals surface area contributed by atoms with Gasteiger partial charge in [0.25, 0.3) is 5.91 Å². The van der Waals surface area contributed by atoms with Crippen LogP contribution in [-0.4, -0.2) is 17.4 Å². The molecule has 0 aliphatic heterocycles. The molecule has 1 amide bonds. The maximum absolute atomic E-state index is 12.3. The topological polar surface area (TPSA) is 54.0 Å². The summed E-state index contributed by atoms with van der Waals surface area (Å²) in [5, 5.41) is 6.02. The standard InChI is InChI=1S/C17H19N3O/c1-4-8-18-14-7-9-19-16(11-14)17(21)20-15-6-5-12(2)10-13(15)3/h4-7,9-11H,1,8H2,2-3H3,(H,18,19)(H,20,21). The van der Waals surface area contributed by atoms with Crippen molar-refractivity contribution < 1.29 is 4.79 Å². The Morgan fingerprint density at radius 2 is 2.10 bits per heavy atom. The second-order valence-electron chi connectivity index (χ2n) is 4.87. The summed E-state index contributed by atoms with van der Waals surface area (Å²) in [5.74, 6) is -0.218. The summed E-state index contributed by atoms with van der Waals surface area (Å²) < 4.78 is 0. The summed E-state index contributed by atoms with van der Waals surface area (Å²) in [6.07, 6.45) is 3.37. The molecule has 2 rings (SSSR count). The van der Waals surface area contributed by atoms with Crippen molar-refractivity contribution in [2.24, 2.45) is 0 Å². The average molecular weight is 281 g/mol. The predicted molar refractivity (Wildman–Crippen MR) is 86.8 cm³/mol. The number of carbonyl (C=O) groups excluding carboxylic acids is 1. The molecule has 2 aromatic rings. The first-order chi connectivity index (χ1) is 10.1. The summed E-state index contributed by atoms with van der Waals surface area (Å²) in [6.45, 7) is 8.28. The van der Waals surface area contributed by atoms with E-state index in [1.54, 1.807) is 18.3 Å². The van der Waals surface area contributed by atoms with E-state index in [9.17, 15) is 4.79 Å². The van der Waals surface area contributed by atoms with Crippen molar-refractivity contribution in [1.82, 2.24) is 4.98 Å². The highest BCUT2D eigenvalue weighted by Gasteiger charge is 2.09. The highest BCUT2D eigenvalue weighted by Crippen LogP contribution is 2.17. The number of anilines is 2. The molecule has 1 aromatic heterocycles. The number of aromatic nitrogens is 1. The van der Waals surface area contributed by atoms with Gasteiger partial charge in [0.1, 0.15) is 5.69 Å². The number of hydrogen-bond donors (Lipinski definition) is 2. The van der Waals surface area contributed by atoms with Gasteiger partial charge in [-0.1, -0.05) is 23.8 Å². The Bertz CT molecular complexity index is 665. The van der Waals surface area contributed by atoms with Crippen LogP contribution < -0.4 is 10.6 Å². The second-order valence-corrected chi connectivity index (χ2v) is 4.87. The van der Waals surface area contributed by atoms with E-state index in [-0.39, 0.29) is 5.91 Å². The van der Waals surface area contributed by atoms with Gasteiger partial charge >= 0.3 is 0 Å². The Labute approximate surface area is 124 Å². The van der Waals surface area contributed by atoms with E-state index in [2.05, 4.69) is 22.2 Å². The van der Waals surface area contributed by atoms with Gasteiger partial charge in [-0.05, 0) is 37.6 Å². The minimum absolute atomic E-state index is 0.218. The van der Waals surface area contributed by atoms with Gasteiger partial charge in [0, 0.05) is 24.1 Å². The van der Waals surface area contributed by atoms with Crippen LogP contribution in [-0.2, 0) is 0 Å². The molecule has 0 spiro atoms. The van der Waals surface area contributed by atoms with Gasteiger partial charge in [-0.3, -0.25) is 9.78 Å². The maximum Gasteiger partial charge on any atom is 0.274 e. The number of pyridine rings is 1. The molecule has 4 heteroatoms. The SMILES string of the molecule is C=CCNc1ccnc(C(=O)Nc2ccc(C)cc2C)c1. The monoisotopic (exact) mass is 281 g/mol. The van der Waals surface area contributed by atoms with Gasteiger partial charge in [-0.15, -0.1) is 6.58 Å². The number of nitrogens with zero attached hydrogens (tertiary/aromatic N) is 1. The van der Waals surface area contributed by atoms with Crippen molar-refractivity contribution in [2.75, 3.05) is 17.2 Å². The van der Waals surface area contributed by atoms with Crippen LogP contribution in [0.5, 0.6) is 0 Å². The Morgan fingerprint density at radius 3 is 2.81 bits per heavy atom. The molecule has 0 saturated carbocycles. The van der Waals surface area contributed by atoms with Gasteiger partial charge in [0.15, 0.2) is 0 Å². The van der Waals surface area contributed by atoms with Crippen LogP contribution in [0.15, 0.2) is 49.2 Å². The Balaban J connectivity index is 2.14. The molecule has 0 radical (unpaired) electrons. The Hall–Kier alpha value is -2.62. The van der Waals surface area contributed by atoms with Crippen LogP contribution >= 0.6 is 0 Å². The summed E-state index contributed by atoms with van der Waals surface area (Å²) in [4.78, 5) is 16.4. The molecule has 0 unspecified atom stereocenters. The van der Waals surface area contributed by atoms with Gasteiger partial charge in [0.05, 0.1) is 0 Å². The molecule has 2 N–H and O–H groups in total. The van der Waals surface area contributed by atoms with E-state index in [1.165, 1.54) is 5.56 Å². The predicted octanol–water partition coefficient (Wildman–Crippen LogP) is 3.55. The zero-order valence-corrected chi connectivity index (χ0v) is 12.3. The molecular weight excluding hydrogens is 262 g/mol. The normalized spacial score (nSPS) is 10.0. The zero-order chi connectivity index (χ0) is 15.2. The van der Waals surface area contributed by atoms with Crippen LogP contribution in [0.25, 0.3) is 0 Å². The molecule has 1 heterocycles. The molecule has 0 aliphatic carbocycles. The third kappa shape index (κ3) is 3.92. The quantitative estimate of drug-likeness (QED) is 0.824. The molecule has 0 fully saturated rings. The highest BCUT2D eigenvalue weighted by atomic mass is 16.1. The lowest BCUT2D eigenvalue weighted by Crippen LogP contribution is -2.15. The molecular formula is C17H19N3O. The molecule has 0 saturated heterocycles. The third-order valence-electron chi connectivity index (χ3n) is 3.07. The van der Waals surface area contributed by atoms with Crippen molar-refractivity contribution in [2.45, 2.75) is 13.8 Å². The van der Waals surface area contributed by atoms with Crippen LogP contribution in [0.2, 0.25) is 0 Å². The van der Waals surface area contributed by atoms with Gasteiger partial charge in [-0.25, -0.2) is 0 Å². The van der Waals surface area contributed by atoms with Crippen LogP contribution in [0.3, 0.4) is 0 Å². The fourth-order valence-electron chi connectivity index (χ4n) is 1.99. The van der Waals surface area contributed by atoms with Crippen LogP contribution in [0, 0.1) is 13.8 Å². The highest BCUT2D eigenvalue weighted by molar-refractivity contribution is 6.03. The van der Waals surface area contributed by atoms with E-state index in [1.807, 2.05) is 38.1 Å². The minimum atomic E-state index is -0.218. The largest absolute Gasteiger partial charge is 0.381 e. The fraction of sp³-hybridized carbons (Fsp3) is 0.176. The first kappa shape index (κ1) is 14.8. The van der Waals surface area contributed by atoms with Crippen molar-refractivity contribution in [3.63, 3.8) is 0 Å². The summed E-state index contributed by atoms with van der Waals surface area (Å²) in [5.41, 5.74) is 4.22. The van der Waals surface area contributed by atoms with E-state index >= 15 is 0 Å². The lowest BCUT2D eigenvalue weighted by atomic mass is 10.1. The maximum atomic E-state index is 12.3. The molecule has 0 bridgehead atoms. The lowest BCUT2D eigenvalue weighted by molar-refractivity contribution is 0.102. The molecule has 21 heavy (non-hydrogen) atoms. The van der Waals surface area contributed by atoms with Gasteiger partial charge in [0.2, 0.25) is 0 Å². The summed E-state index contributed by atoms with van der Waals surface area (Å²) in [6, 6.07) is 9.45. The average Bonchev–Trinajstić information content (AvgIpc) is 2.48.